The third-order valence-corrected chi connectivity index (χ3v) is 5.06. The van der Waals surface area contributed by atoms with Crippen LogP contribution in [-0.4, -0.2) is 28.5 Å². The van der Waals surface area contributed by atoms with Crippen molar-refractivity contribution in [2.75, 3.05) is 11.9 Å². The highest BCUT2D eigenvalue weighted by Crippen LogP contribution is 2.22. The Bertz CT molecular complexity index is 791. The first-order valence-electron chi connectivity index (χ1n) is 8.85. The summed E-state index contributed by atoms with van der Waals surface area (Å²) in [5, 5.41) is 7.50. The molecule has 0 radical (unpaired) electrons. The molecule has 2 aromatic rings. The molecular formula is C19H22Cl2N4O. The number of rotatable bonds is 6. The van der Waals surface area contributed by atoms with E-state index in [1.54, 1.807) is 25.1 Å². The van der Waals surface area contributed by atoms with Gasteiger partial charge in [0.1, 0.15) is 17.3 Å². The van der Waals surface area contributed by atoms with Crippen molar-refractivity contribution in [2.45, 2.75) is 45.1 Å². The van der Waals surface area contributed by atoms with E-state index in [2.05, 4.69) is 20.6 Å². The number of nitrogens with one attached hydrogen (secondary N) is 2. The molecule has 1 aromatic carbocycles. The monoisotopic (exact) mass is 392 g/mol. The van der Waals surface area contributed by atoms with Crippen LogP contribution < -0.4 is 10.6 Å². The number of aryl methyl sites for hydroxylation is 1. The first-order chi connectivity index (χ1) is 12.5. The van der Waals surface area contributed by atoms with Gasteiger partial charge < -0.3 is 10.6 Å². The van der Waals surface area contributed by atoms with Crippen LogP contribution in [0, 0.1) is 6.92 Å². The standard InChI is InChI=1S/C19H22Cl2N4O/c1-12-23-17(11-18(24-12)25-15-4-2-3-5-15)19(26)22-9-8-13-6-7-14(20)10-16(13)21/h6-7,10-11,15H,2-5,8-9H2,1H3,(H,22,26)(H,23,24,25). The van der Waals surface area contributed by atoms with E-state index in [9.17, 15) is 4.79 Å². The van der Waals surface area contributed by atoms with Crippen molar-refractivity contribution in [3.63, 3.8) is 0 Å². The lowest BCUT2D eigenvalue weighted by Gasteiger charge is -2.14. The molecule has 1 saturated carbocycles. The molecule has 3 rings (SSSR count). The minimum atomic E-state index is -0.213. The highest BCUT2D eigenvalue weighted by molar-refractivity contribution is 6.35. The summed E-state index contributed by atoms with van der Waals surface area (Å²) in [4.78, 5) is 21.1. The van der Waals surface area contributed by atoms with Gasteiger partial charge in [0, 0.05) is 28.7 Å². The van der Waals surface area contributed by atoms with Crippen LogP contribution >= 0.6 is 23.2 Å². The quantitative estimate of drug-likeness (QED) is 0.763. The molecule has 0 saturated heterocycles. The number of amides is 1. The third-order valence-electron chi connectivity index (χ3n) is 4.47. The second-order valence-corrected chi connectivity index (χ2v) is 7.40. The number of hydrogen-bond donors (Lipinski definition) is 2. The number of anilines is 1. The summed E-state index contributed by atoms with van der Waals surface area (Å²) in [5.41, 5.74) is 1.32. The molecule has 1 heterocycles. The smallest absolute Gasteiger partial charge is 0.270 e. The molecule has 1 amide bonds. The summed E-state index contributed by atoms with van der Waals surface area (Å²) >= 11 is 12.1. The van der Waals surface area contributed by atoms with Gasteiger partial charge in [-0.2, -0.15) is 0 Å². The van der Waals surface area contributed by atoms with Crippen LogP contribution in [0.5, 0.6) is 0 Å². The van der Waals surface area contributed by atoms with Crippen LogP contribution in [0.25, 0.3) is 0 Å². The van der Waals surface area contributed by atoms with E-state index in [0.29, 0.717) is 40.6 Å². The molecule has 0 spiro atoms. The van der Waals surface area contributed by atoms with Gasteiger partial charge in [0.05, 0.1) is 0 Å². The Morgan fingerprint density at radius 3 is 2.69 bits per heavy atom. The molecule has 0 bridgehead atoms. The molecule has 26 heavy (non-hydrogen) atoms. The SMILES string of the molecule is Cc1nc(NC2CCCC2)cc(C(=O)NCCc2ccc(Cl)cc2Cl)n1. The molecule has 1 aliphatic carbocycles. The molecule has 7 heteroatoms. The minimum absolute atomic E-state index is 0.213. The lowest BCUT2D eigenvalue weighted by atomic mass is 10.1. The number of halogens is 2. The van der Waals surface area contributed by atoms with E-state index >= 15 is 0 Å². The van der Waals surface area contributed by atoms with Gasteiger partial charge in [0.25, 0.3) is 5.91 Å². The zero-order valence-corrected chi connectivity index (χ0v) is 16.2. The number of hydrogen-bond acceptors (Lipinski definition) is 4. The fourth-order valence-electron chi connectivity index (χ4n) is 3.16. The van der Waals surface area contributed by atoms with E-state index < -0.39 is 0 Å². The molecule has 0 aliphatic heterocycles. The second kappa shape index (κ2) is 8.69. The predicted octanol–water partition coefficient (Wildman–Crippen LogP) is 4.42. The zero-order valence-electron chi connectivity index (χ0n) is 14.7. The number of carbonyl (C=O) groups is 1. The van der Waals surface area contributed by atoms with Gasteiger partial charge in [-0.15, -0.1) is 0 Å². The number of nitrogens with zero attached hydrogens (tertiary/aromatic N) is 2. The lowest BCUT2D eigenvalue weighted by Crippen LogP contribution is -2.27. The number of benzene rings is 1. The lowest BCUT2D eigenvalue weighted by molar-refractivity contribution is 0.0949. The Kier molecular flexibility index (Phi) is 6.33. The van der Waals surface area contributed by atoms with Crippen molar-refractivity contribution >= 4 is 34.9 Å². The maximum absolute atomic E-state index is 12.4. The summed E-state index contributed by atoms with van der Waals surface area (Å²) in [6, 6.07) is 7.52. The van der Waals surface area contributed by atoms with E-state index in [-0.39, 0.29) is 5.91 Å². The first-order valence-corrected chi connectivity index (χ1v) is 9.61. The molecular weight excluding hydrogens is 371 g/mol. The van der Waals surface area contributed by atoms with E-state index in [1.807, 2.05) is 6.07 Å². The summed E-state index contributed by atoms with van der Waals surface area (Å²) in [6.07, 6.45) is 5.39. The van der Waals surface area contributed by atoms with Crippen molar-refractivity contribution < 1.29 is 4.79 Å². The van der Waals surface area contributed by atoms with Crippen molar-refractivity contribution in [1.82, 2.24) is 15.3 Å². The average molecular weight is 393 g/mol. The molecule has 0 unspecified atom stereocenters. The zero-order chi connectivity index (χ0) is 18.5. The highest BCUT2D eigenvalue weighted by atomic mass is 35.5. The second-order valence-electron chi connectivity index (χ2n) is 6.55. The summed E-state index contributed by atoms with van der Waals surface area (Å²) in [7, 11) is 0. The largest absolute Gasteiger partial charge is 0.367 e. The van der Waals surface area contributed by atoms with Crippen molar-refractivity contribution in [3.05, 3.63) is 51.4 Å². The Morgan fingerprint density at radius 1 is 1.19 bits per heavy atom. The molecule has 2 N–H and O–H groups in total. The van der Waals surface area contributed by atoms with Gasteiger partial charge in [-0.25, -0.2) is 9.97 Å². The topological polar surface area (TPSA) is 66.9 Å². The van der Waals surface area contributed by atoms with E-state index in [0.717, 1.165) is 24.2 Å². The van der Waals surface area contributed by atoms with Gasteiger partial charge in [0.2, 0.25) is 0 Å². The number of aromatic nitrogens is 2. The van der Waals surface area contributed by atoms with Gasteiger partial charge >= 0.3 is 0 Å². The molecule has 5 nitrogen and oxygen atoms in total. The van der Waals surface area contributed by atoms with Gasteiger partial charge in [-0.3, -0.25) is 4.79 Å². The molecule has 1 fully saturated rings. The van der Waals surface area contributed by atoms with Crippen molar-refractivity contribution in [1.29, 1.82) is 0 Å². The third kappa shape index (κ3) is 5.08. The Labute approximate surface area is 163 Å². The maximum atomic E-state index is 12.4. The van der Waals surface area contributed by atoms with Crippen LogP contribution in [0.1, 0.15) is 47.6 Å². The van der Waals surface area contributed by atoms with Crippen LogP contribution in [0.2, 0.25) is 10.0 Å². The van der Waals surface area contributed by atoms with Crippen LogP contribution in [-0.2, 0) is 6.42 Å². The molecule has 0 atom stereocenters. The van der Waals surface area contributed by atoms with Gasteiger partial charge in [0.15, 0.2) is 0 Å². The van der Waals surface area contributed by atoms with Crippen LogP contribution in [0.15, 0.2) is 24.3 Å². The Hall–Kier alpha value is -1.85. The van der Waals surface area contributed by atoms with Crippen LogP contribution in [0.3, 0.4) is 0 Å². The maximum Gasteiger partial charge on any atom is 0.270 e. The Balaban J connectivity index is 1.59. The van der Waals surface area contributed by atoms with Gasteiger partial charge in [-0.05, 0) is 43.9 Å². The van der Waals surface area contributed by atoms with Crippen molar-refractivity contribution in [3.8, 4) is 0 Å². The predicted molar refractivity (Wildman–Crippen MR) is 105 cm³/mol. The normalized spacial score (nSPS) is 14.4. The molecule has 1 aliphatic rings. The molecule has 138 valence electrons. The van der Waals surface area contributed by atoms with Crippen molar-refractivity contribution in [2.24, 2.45) is 0 Å². The minimum Gasteiger partial charge on any atom is -0.367 e. The fourth-order valence-corrected chi connectivity index (χ4v) is 3.67. The highest BCUT2D eigenvalue weighted by Gasteiger charge is 2.17. The first kappa shape index (κ1) is 18.9. The van der Waals surface area contributed by atoms with E-state index in [4.69, 9.17) is 23.2 Å². The fraction of sp³-hybridized carbons (Fsp3) is 0.421. The van der Waals surface area contributed by atoms with Gasteiger partial charge in [-0.1, -0.05) is 42.1 Å². The van der Waals surface area contributed by atoms with E-state index in [1.165, 1.54) is 12.8 Å². The number of carbonyl (C=O) groups excluding carboxylic acids is 1. The summed E-state index contributed by atoms with van der Waals surface area (Å²) in [6.45, 7) is 2.26. The summed E-state index contributed by atoms with van der Waals surface area (Å²) < 4.78 is 0. The Morgan fingerprint density at radius 2 is 1.96 bits per heavy atom. The van der Waals surface area contributed by atoms with Crippen LogP contribution in [0.4, 0.5) is 5.82 Å². The average Bonchev–Trinajstić information content (AvgIpc) is 3.09. The molecule has 1 aromatic heterocycles. The summed E-state index contributed by atoms with van der Waals surface area (Å²) in [5.74, 6) is 1.09.